The van der Waals surface area contributed by atoms with E-state index in [9.17, 15) is 41.7 Å². The summed E-state index contributed by atoms with van der Waals surface area (Å²) in [5, 5.41) is 10.0. The topological polar surface area (TPSA) is 227 Å². The van der Waals surface area contributed by atoms with E-state index in [4.69, 9.17) is 19.4 Å². The van der Waals surface area contributed by atoms with Gasteiger partial charge < -0.3 is 29.4 Å². The van der Waals surface area contributed by atoms with Gasteiger partial charge in [0.05, 0.1) is 12.8 Å². The van der Waals surface area contributed by atoms with Crippen molar-refractivity contribution in [3.05, 3.63) is 27.1 Å². The maximum atomic E-state index is 14.6. The molecule has 2 rings (SSSR count). The maximum absolute atomic E-state index is 14.6. The standard InChI is InChI=1S/C10H14F3N2O13P3S/c11-2-10(3-25-30(21,22)28-31(23,24)27-29(18,19)20)6(16)5(13)8(26-10)15-1-4(12)7(32)14-9(15)17/h1,5-6,8,16H,2-3H2,(H,21,22)(H,23,24)(H,14,17,32)(H2,18,19,20)/t5-,6?,8+,10+/m0/s1. The summed E-state index contributed by atoms with van der Waals surface area (Å²) in [5.74, 6) is -1.21. The Morgan fingerprint density at radius 3 is 2.34 bits per heavy atom. The lowest BCUT2D eigenvalue weighted by Crippen LogP contribution is -2.48. The minimum absolute atomic E-state index is 0.237. The molecule has 0 bridgehead atoms. The molecular formula is C10H14F3N2O13P3S. The van der Waals surface area contributed by atoms with Crippen LogP contribution in [0.25, 0.3) is 0 Å². The number of nitrogens with zero attached hydrogens (tertiary/aromatic N) is 1. The van der Waals surface area contributed by atoms with Crippen LogP contribution in [0.1, 0.15) is 6.23 Å². The van der Waals surface area contributed by atoms with E-state index < -0.39 is 77.0 Å². The molecule has 1 saturated heterocycles. The summed E-state index contributed by atoms with van der Waals surface area (Å²) in [7, 11) is -17.4. The summed E-state index contributed by atoms with van der Waals surface area (Å²) in [6.45, 7) is -3.40. The SMILES string of the molecule is O=c1[nH]c(=S)c(F)cn1[C@@H]1O[C@](CF)(COP(=O)(O)OP(=O)(O)OP(=O)(O)O)C(O)[C@@H]1F. The largest absolute Gasteiger partial charge is 0.490 e. The number of phosphoric acid groups is 3. The van der Waals surface area contributed by atoms with Gasteiger partial charge in [-0.05, 0) is 0 Å². The molecule has 0 amide bonds. The van der Waals surface area contributed by atoms with E-state index in [1.54, 1.807) is 0 Å². The van der Waals surface area contributed by atoms with E-state index in [0.717, 1.165) is 0 Å². The number of rotatable bonds is 9. The molecule has 6 N–H and O–H groups in total. The van der Waals surface area contributed by atoms with Gasteiger partial charge in [0.1, 0.15) is 17.4 Å². The molecule has 0 radical (unpaired) electrons. The number of phosphoric ester groups is 1. The molecule has 22 heteroatoms. The molecule has 0 aliphatic carbocycles. The van der Waals surface area contributed by atoms with Crippen molar-refractivity contribution in [2.45, 2.75) is 24.1 Å². The van der Waals surface area contributed by atoms with Crippen molar-refractivity contribution in [2.24, 2.45) is 0 Å². The number of nitrogens with one attached hydrogen (secondary N) is 1. The molecule has 0 spiro atoms. The number of aromatic nitrogens is 2. The number of halogens is 3. The van der Waals surface area contributed by atoms with Crippen LogP contribution in [-0.4, -0.2) is 65.4 Å². The van der Waals surface area contributed by atoms with Crippen LogP contribution in [0.3, 0.4) is 0 Å². The molecule has 2 heterocycles. The molecule has 6 atom stereocenters. The van der Waals surface area contributed by atoms with Crippen LogP contribution in [0.2, 0.25) is 0 Å². The van der Waals surface area contributed by atoms with Crippen molar-refractivity contribution in [3.8, 4) is 0 Å². The van der Waals surface area contributed by atoms with Crippen LogP contribution >= 0.6 is 35.7 Å². The van der Waals surface area contributed by atoms with E-state index in [-0.39, 0.29) is 4.57 Å². The maximum Gasteiger partial charge on any atom is 0.490 e. The first-order chi connectivity index (χ1) is 14.4. The highest BCUT2D eigenvalue weighted by atomic mass is 32.1. The fourth-order valence-electron chi connectivity index (χ4n) is 2.44. The summed E-state index contributed by atoms with van der Waals surface area (Å²) >= 11 is 4.47. The minimum Gasteiger partial charge on any atom is -0.387 e. The van der Waals surface area contributed by atoms with Crippen LogP contribution in [0.15, 0.2) is 11.0 Å². The number of ether oxygens (including phenoxy) is 1. The summed E-state index contributed by atoms with van der Waals surface area (Å²) in [6.07, 6.45) is -6.92. The van der Waals surface area contributed by atoms with Gasteiger partial charge in [0.25, 0.3) is 0 Å². The van der Waals surface area contributed by atoms with Gasteiger partial charge in [0, 0.05) is 0 Å². The number of aliphatic hydroxyl groups is 1. The lowest BCUT2D eigenvalue weighted by atomic mass is 9.98. The van der Waals surface area contributed by atoms with Crippen LogP contribution in [0.4, 0.5) is 13.2 Å². The van der Waals surface area contributed by atoms with Crippen molar-refractivity contribution >= 4 is 35.7 Å². The number of H-pyrrole nitrogens is 1. The first-order valence-corrected chi connectivity index (χ1v) is 12.7. The average molecular weight is 552 g/mol. The number of hydrogen-bond donors (Lipinski definition) is 6. The van der Waals surface area contributed by atoms with Gasteiger partial charge in [-0.15, -0.1) is 0 Å². The van der Waals surface area contributed by atoms with E-state index in [2.05, 4.69) is 25.4 Å². The van der Waals surface area contributed by atoms with Gasteiger partial charge >= 0.3 is 29.2 Å². The zero-order chi connectivity index (χ0) is 24.7. The van der Waals surface area contributed by atoms with Gasteiger partial charge in [-0.25, -0.2) is 31.7 Å². The van der Waals surface area contributed by atoms with Crippen molar-refractivity contribution in [1.29, 1.82) is 0 Å². The molecule has 1 fully saturated rings. The van der Waals surface area contributed by atoms with Crippen molar-refractivity contribution in [3.63, 3.8) is 0 Å². The Morgan fingerprint density at radius 1 is 1.22 bits per heavy atom. The Labute approximate surface area is 179 Å². The Morgan fingerprint density at radius 2 is 1.81 bits per heavy atom. The Hall–Kier alpha value is -0.780. The highest BCUT2D eigenvalue weighted by Gasteiger charge is 2.58. The third kappa shape index (κ3) is 6.42. The third-order valence-electron chi connectivity index (χ3n) is 3.78. The van der Waals surface area contributed by atoms with Crippen LogP contribution in [-0.2, 0) is 31.6 Å². The zero-order valence-corrected chi connectivity index (χ0v) is 18.6. The summed E-state index contributed by atoms with van der Waals surface area (Å²) < 4.78 is 91.1. The predicted octanol–water partition coefficient (Wildman–Crippen LogP) is 0.324. The average Bonchev–Trinajstić information content (AvgIpc) is 2.85. The first kappa shape index (κ1) is 27.5. The molecule has 3 unspecified atom stereocenters. The molecule has 0 aromatic carbocycles. The van der Waals surface area contributed by atoms with E-state index in [1.165, 1.54) is 0 Å². The number of aliphatic hydroxyl groups excluding tert-OH is 1. The summed E-state index contributed by atoms with van der Waals surface area (Å²) in [4.78, 5) is 49.1. The fraction of sp³-hybridized carbons (Fsp3) is 0.600. The zero-order valence-electron chi connectivity index (χ0n) is 15.1. The number of aromatic amines is 1. The lowest BCUT2D eigenvalue weighted by molar-refractivity contribution is -0.136. The highest BCUT2D eigenvalue weighted by molar-refractivity contribution is 7.71. The van der Waals surface area contributed by atoms with Gasteiger partial charge in [0.2, 0.25) is 0 Å². The normalized spacial score (nSPS) is 30.1. The fourth-order valence-corrected chi connectivity index (χ4v) is 5.66. The van der Waals surface area contributed by atoms with Crippen LogP contribution in [0.5, 0.6) is 0 Å². The van der Waals surface area contributed by atoms with E-state index >= 15 is 0 Å². The molecular weight excluding hydrogens is 538 g/mol. The Bertz CT molecular complexity index is 1130. The smallest absolute Gasteiger partial charge is 0.387 e. The molecule has 0 saturated carbocycles. The molecule has 1 aliphatic rings. The predicted molar refractivity (Wildman–Crippen MR) is 95.4 cm³/mol. The van der Waals surface area contributed by atoms with Crippen molar-refractivity contribution in [1.82, 2.24) is 9.55 Å². The van der Waals surface area contributed by atoms with Gasteiger partial charge in [0.15, 0.2) is 23.8 Å². The van der Waals surface area contributed by atoms with Gasteiger partial charge in [-0.3, -0.25) is 14.1 Å². The van der Waals surface area contributed by atoms with Crippen LogP contribution < -0.4 is 5.69 Å². The van der Waals surface area contributed by atoms with E-state index in [0.29, 0.717) is 6.20 Å². The molecule has 184 valence electrons. The number of alkyl halides is 2. The minimum atomic E-state index is -5.90. The van der Waals surface area contributed by atoms with Gasteiger partial charge in [-0.2, -0.15) is 8.62 Å². The quantitative estimate of drug-likeness (QED) is 0.179. The van der Waals surface area contributed by atoms with Crippen molar-refractivity contribution in [2.75, 3.05) is 13.3 Å². The second-order valence-corrected chi connectivity index (χ2v) is 10.9. The monoisotopic (exact) mass is 552 g/mol. The summed E-state index contributed by atoms with van der Waals surface area (Å²) in [5.41, 5.74) is -4.04. The highest BCUT2D eigenvalue weighted by Crippen LogP contribution is 2.66. The molecule has 1 aromatic heterocycles. The molecule has 1 aromatic rings. The Kier molecular flexibility index (Phi) is 8.12. The first-order valence-electron chi connectivity index (χ1n) is 7.77. The second-order valence-electron chi connectivity index (χ2n) is 6.10. The molecule has 32 heavy (non-hydrogen) atoms. The van der Waals surface area contributed by atoms with Gasteiger partial charge in [-0.1, -0.05) is 12.2 Å². The van der Waals surface area contributed by atoms with Crippen molar-refractivity contribution < 1.29 is 69.4 Å². The van der Waals surface area contributed by atoms with Crippen LogP contribution in [0, 0.1) is 10.5 Å². The molecule has 1 aliphatic heterocycles. The summed E-state index contributed by atoms with van der Waals surface area (Å²) in [6, 6.07) is 0. The third-order valence-corrected chi connectivity index (χ3v) is 7.86. The lowest BCUT2D eigenvalue weighted by Gasteiger charge is -2.29. The molecule has 15 nitrogen and oxygen atoms in total. The Balaban J connectivity index is 2.25. The number of hydrogen-bond acceptors (Lipinski definition) is 10. The van der Waals surface area contributed by atoms with E-state index in [1.807, 2.05) is 4.98 Å². The second kappa shape index (κ2) is 9.46.